The molecular weight excluding hydrogens is 302 g/mol. The molecule has 1 unspecified atom stereocenters. The second kappa shape index (κ2) is 8.18. The summed E-state index contributed by atoms with van der Waals surface area (Å²) < 4.78 is 5.03. The summed E-state index contributed by atoms with van der Waals surface area (Å²) in [7, 11) is 0. The number of fused-ring (bicyclic) bond motifs is 1. The van der Waals surface area contributed by atoms with E-state index in [1.807, 2.05) is 19.1 Å². The van der Waals surface area contributed by atoms with Crippen LogP contribution >= 0.6 is 12.4 Å². The number of benzene rings is 1. The summed E-state index contributed by atoms with van der Waals surface area (Å²) in [5.41, 5.74) is 4.67. The Balaban J connectivity index is 0.00000242. The lowest BCUT2D eigenvalue weighted by Crippen LogP contribution is -2.12. The van der Waals surface area contributed by atoms with Gasteiger partial charge in [0.15, 0.2) is 0 Å². The number of carbonyl (C=O) groups excluding carboxylic acids is 2. The van der Waals surface area contributed by atoms with Crippen molar-refractivity contribution < 1.29 is 14.3 Å². The van der Waals surface area contributed by atoms with E-state index in [1.54, 1.807) is 0 Å². The highest BCUT2D eigenvalue weighted by atomic mass is 35.5. The molecule has 1 aromatic rings. The van der Waals surface area contributed by atoms with Crippen molar-refractivity contribution in [2.24, 2.45) is 0 Å². The molecule has 1 atom stereocenters. The fraction of sp³-hybridized carbons (Fsp3) is 0.529. The Hall–Kier alpha value is -1.55. The number of hydrogen-bond acceptors (Lipinski definition) is 3. The third-order valence-electron chi connectivity index (χ3n) is 3.94. The molecule has 0 aliphatic heterocycles. The average molecular weight is 326 g/mol. The molecule has 4 nitrogen and oxygen atoms in total. The maximum Gasteiger partial charge on any atom is 0.306 e. The highest BCUT2D eigenvalue weighted by Crippen LogP contribution is 2.36. The highest BCUT2D eigenvalue weighted by molar-refractivity contribution is 5.90. The molecular formula is C17H24ClNO3. The van der Waals surface area contributed by atoms with E-state index >= 15 is 0 Å². The maximum absolute atomic E-state index is 11.7. The number of halogens is 1. The predicted octanol–water partition coefficient (Wildman–Crippen LogP) is 3.61. The minimum absolute atomic E-state index is 0. The van der Waals surface area contributed by atoms with Crippen LogP contribution in [-0.2, 0) is 27.2 Å². The van der Waals surface area contributed by atoms with E-state index in [4.69, 9.17) is 4.74 Å². The first-order valence-corrected chi connectivity index (χ1v) is 7.60. The molecule has 1 aliphatic carbocycles. The van der Waals surface area contributed by atoms with Gasteiger partial charge in [0.2, 0.25) is 5.91 Å². The minimum atomic E-state index is -0.150. The van der Waals surface area contributed by atoms with Crippen LogP contribution in [-0.4, -0.2) is 18.5 Å². The number of anilines is 1. The van der Waals surface area contributed by atoms with Gasteiger partial charge in [0, 0.05) is 12.6 Å². The van der Waals surface area contributed by atoms with Gasteiger partial charge in [0.05, 0.1) is 13.0 Å². The third-order valence-corrected chi connectivity index (χ3v) is 3.94. The summed E-state index contributed by atoms with van der Waals surface area (Å²) in [6, 6.07) is 4.00. The van der Waals surface area contributed by atoms with Crippen molar-refractivity contribution in [2.75, 3.05) is 11.9 Å². The second-order valence-corrected chi connectivity index (χ2v) is 5.60. The summed E-state index contributed by atoms with van der Waals surface area (Å²) in [6.07, 6.45) is 3.51. The van der Waals surface area contributed by atoms with E-state index in [1.165, 1.54) is 23.6 Å². The summed E-state index contributed by atoms with van der Waals surface area (Å²) in [4.78, 5) is 22.9. The molecule has 0 fully saturated rings. The summed E-state index contributed by atoms with van der Waals surface area (Å²) in [5, 5.41) is 2.90. The summed E-state index contributed by atoms with van der Waals surface area (Å²) in [6.45, 7) is 5.83. The number of hydrogen-bond donors (Lipinski definition) is 1. The van der Waals surface area contributed by atoms with Gasteiger partial charge in [-0.1, -0.05) is 13.0 Å². The quantitative estimate of drug-likeness (QED) is 0.841. The molecule has 0 saturated heterocycles. The number of amides is 1. The van der Waals surface area contributed by atoms with E-state index in [2.05, 4.69) is 12.2 Å². The number of rotatable bonds is 5. The van der Waals surface area contributed by atoms with Gasteiger partial charge in [-0.25, -0.2) is 0 Å². The lowest BCUT2D eigenvalue weighted by molar-refractivity contribution is -0.143. The van der Waals surface area contributed by atoms with Crippen LogP contribution in [0.3, 0.4) is 0 Å². The number of esters is 1. The van der Waals surface area contributed by atoms with Gasteiger partial charge in [-0.3, -0.25) is 9.59 Å². The van der Waals surface area contributed by atoms with Gasteiger partial charge in [-0.15, -0.1) is 12.4 Å². The Kier molecular flexibility index (Phi) is 6.88. The van der Waals surface area contributed by atoms with Crippen molar-refractivity contribution in [3.8, 4) is 0 Å². The molecule has 0 spiro atoms. The normalized spacial score (nSPS) is 13.8. The molecule has 1 aromatic carbocycles. The number of carbonyl (C=O) groups is 2. The van der Waals surface area contributed by atoms with Crippen LogP contribution in [0.1, 0.15) is 56.2 Å². The maximum atomic E-state index is 11.7. The van der Waals surface area contributed by atoms with Crippen molar-refractivity contribution in [3.63, 3.8) is 0 Å². The topological polar surface area (TPSA) is 55.4 Å². The Labute approximate surface area is 138 Å². The molecule has 122 valence electrons. The minimum Gasteiger partial charge on any atom is -0.466 e. The molecule has 0 heterocycles. The van der Waals surface area contributed by atoms with Gasteiger partial charge in [0.1, 0.15) is 0 Å². The van der Waals surface area contributed by atoms with E-state index in [-0.39, 0.29) is 30.2 Å². The first-order chi connectivity index (χ1) is 10.0. The van der Waals surface area contributed by atoms with Crippen LogP contribution in [0.25, 0.3) is 0 Å². The van der Waals surface area contributed by atoms with Crippen LogP contribution in [0.4, 0.5) is 5.69 Å². The zero-order chi connectivity index (χ0) is 15.4. The van der Waals surface area contributed by atoms with Crippen LogP contribution < -0.4 is 5.32 Å². The molecule has 1 aliphatic rings. The molecule has 0 saturated carbocycles. The highest BCUT2D eigenvalue weighted by Gasteiger charge is 2.23. The van der Waals surface area contributed by atoms with Crippen LogP contribution in [0, 0.1) is 0 Å². The zero-order valence-corrected chi connectivity index (χ0v) is 14.2. The fourth-order valence-electron chi connectivity index (χ4n) is 3.08. The van der Waals surface area contributed by atoms with Crippen LogP contribution in [0.15, 0.2) is 12.1 Å². The molecule has 2 rings (SSSR count). The summed E-state index contributed by atoms with van der Waals surface area (Å²) >= 11 is 0. The summed E-state index contributed by atoms with van der Waals surface area (Å²) in [5.74, 6) is -0.0543. The van der Waals surface area contributed by atoms with E-state index in [0.29, 0.717) is 13.0 Å². The average Bonchev–Trinajstić information content (AvgIpc) is 2.88. The van der Waals surface area contributed by atoms with Crippen molar-refractivity contribution in [1.29, 1.82) is 0 Å². The van der Waals surface area contributed by atoms with E-state index < -0.39 is 0 Å². The molecule has 0 aromatic heterocycles. The number of ether oxygens (including phenoxy) is 1. The first kappa shape index (κ1) is 18.5. The molecule has 22 heavy (non-hydrogen) atoms. The van der Waals surface area contributed by atoms with E-state index in [0.717, 1.165) is 24.9 Å². The fourth-order valence-corrected chi connectivity index (χ4v) is 3.08. The second-order valence-electron chi connectivity index (χ2n) is 5.60. The SMILES string of the molecule is CCOC(=O)CC(C)c1ccc(NC(C)=O)c2c1CCC2.Cl. The standard InChI is InChI=1S/C17H23NO3.ClH/c1-4-21-17(20)10-11(2)13-8-9-16(18-12(3)19)15-7-5-6-14(13)15;/h8-9,11H,4-7,10H2,1-3H3,(H,18,19);1H. The monoisotopic (exact) mass is 325 g/mol. The Morgan fingerprint density at radius 2 is 1.95 bits per heavy atom. The lowest BCUT2D eigenvalue weighted by Gasteiger charge is -2.18. The smallest absolute Gasteiger partial charge is 0.306 e. The largest absolute Gasteiger partial charge is 0.466 e. The van der Waals surface area contributed by atoms with Crippen molar-refractivity contribution in [1.82, 2.24) is 0 Å². The Morgan fingerprint density at radius 1 is 1.27 bits per heavy atom. The van der Waals surface area contributed by atoms with Crippen molar-refractivity contribution in [3.05, 3.63) is 28.8 Å². The zero-order valence-electron chi connectivity index (χ0n) is 13.4. The molecule has 1 amide bonds. The van der Waals surface area contributed by atoms with Crippen LogP contribution in [0.2, 0.25) is 0 Å². The lowest BCUT2D eigenvalue weighted by atomic mass is 9.90. The first-order valence-electron chi connectivity index (χ1n) is 7.60. The third kappa shape index (κ3) is 4.23. The van der Waals surface area contributed by atoms with Gasteiger partial charge in [-0.05, 0) is 54.9 Å². The Bertz CT molecular complexity index is 557. The molecule has 0 bridgehead atoms. The van der Waals surface area contributed by atoms with Crippen molar-refractivity contribution >= 4 is 30.0 Å². The van der Waals surface area contributed by atoms with Gasteiger partial charge in [-0.2, -0.15) is 0 Å². The van der Waals surface area contributed by atoms with Crippen molar-refractivity contribution in [2.45, 2.75) is 52.4 Å². The molecule has 1 N–H and O–H groups in total. The molecule has 5 heteroatoms. The predicted molar refractivity (Wildman–Crippen MR) is 89.7 cm³/mol. The van der Waals surface area contributed by atoms with Crippen LogP contribution in [0.5, 0.6) is 0 Å². The number of nitrogens with one attached hydrogen (secondary N) is 1. The van der Waals surface area contributed by atoms with Gasteiger partial charge in [0.25, 0.3) is 0 Å². The van der Waals surface area contributed by atoms with Gasteiger partial charge < -0.3 is 10.1 Å². The Morgan fingerprint density at radius 3 is 2.59 bits per heavy atom. The van der Waals surface area contributed by atoms with E-state index in [9.17, 15) is 9.59 Å². The molecule has 0 radical (unpaired) electrons. The van der Waals surface area contributed by atoms with Gasteiger partial charge >= 0.3 is 5.97 Å².